The van der Waals surface area contributed by atoms with E-state index in [-0.39, 0.29) is 0 Å². The molecule has 3 heteroatoms. The first-order valence-electron chi connectivity index (χ1n) is 17.6. The van der Waals surface area contributed by atoms with Crippen molar-refractivity contribution in [3.8, 4) is 11.8 Å². The summed E-state index contributed by atoms with van der Waals surface area (Å²) in [6.45, 7) is 53.4. The average Bonchev–Trinajstić information content (AvgIpc) is 3.28. The van der Waals surface area contributed by atoms with E-state index >= 15 is 0 Å². The molecule has 0 saturated carbocycles. The lowest BCUT2D eigenvalue weighted by Crippen LogP contribution is -2.59. The van der Waals surface area contributed by atoms with E-state index in [1.54, 1.807) is 0 Å². The second kappa shape index (κ2) is 16.3. The van der Waals surface area contributed by atoms with Gasteiger partial charge in [-0.05, 0) is 149 Å². The summed E-state index contributed by atoms with van der Waals surface area (Å²) in [6.07, 6.45) is 4.13. The quantitative estimate of drug-likeness (QED) is 0.255. The van der Waals surface area contributed by atoms with Gasteiger partial charge in [-0.2, -0.15) is 0 Å². The first-order valence-corrected chi connectivity index (χ1v) is 17.6. The Bertz CT molecular complexity index is 753. The molecule has 3 nitrogen and oxygen atoms in total. The molecule has 1 unspecified atom stereocenters. The number of rotatable bonds is 0. The lowest BCUT2D eigenvalue weighted by molar-refractivity contribution is -0.0345. The van der Waals surface area contributed by atoms with E-state index < -0.39 is 0 Å². The fourth-order valence-electron chi connectivity index (χ4n) is 6.07. The number of likely N-dealkylation sites (tertiary alicyclic amines) is 3. The van der Waals surface area contributed by atoms with Crippen LogP contribution < -0.4 is 0 Å². The maximum absolute atomic E-state index is 2.68. The molecular weight excluding hydrogens is 522 g/mol. The van der Waals surface area contributed by atoms with Crippen LogP contribution in [0, 0.1) is 45.8 Å². The molecule has 0 aromatic carbocycles. The van der Waals surface area contributed by atoms with Crippen LogP contribution in [0.2, 0.25) is 0 Å². The van der Waals surface area contributed by atoms with Gasteiger partial charge < -0.3 is 0 Å². The van der Waals surface area contributed by atoms with E-state index in [4.69, 9.17) is 0 Å². The Hall–Kier alpha value is -0.560. The van der Waals surface area contributed by atoms with E-state index in [1.165, 1.54) is 58.5 Å². The molecule has 3 rings (SSSR count). The maximum atomic E-state index is 2.68. The van der Waals surface area contributed by atoms with Gasteiger partial charge in [0.1, 0.15) is 0 Å². The zero-order valence-electron chi connectivity index (χ0n) is 33.4. The van der Waals surface area contributed by atoms with Crippen LogP contribution in [-0.4, -0.2) is 70.6 Å². The summed E-state index contributed by atoms with van der Waals surface area (Å²) in [5.41, 5.74) is 2.59. The van der Waals surface area contributed by atoms with E-state index in [9.17, 15) is 0 Å². The highest BCUT2D eigenvalue weighted by atomic mass is 15.2. The molecule has 43 heavy (non-hydrogen) atoms. The first-order chi connectivity index (χ1) is 19.0. The highest BCUT2D eigenvalue weighted by molar-refractivity contribution is 4.94. The molecule has 3 aliphatic heterocycles. The zero-order valence-corrected chi connectivity index (χ0v) is 33.4. The Labute approximate surface area is 273 Å². The van der Waals surface area contributed by atoms with Crippen LogP contribution >= 0.6 is 0 Å². The van der Waals surface area contributed by atoms with Gasteiger partial charge >= 0.3 is 0 Å². The minimum Gasteiger partial charge on any atom is -0.298 e. The average molecular weight is 604 g/mol. The Morgan fingerprint density at radius 3 is 0.884 bits per heavy atom. The van der Waals surface area contributed by atoms with E-state index in [1.807, 2.05) is 13.8 Å². The van der Waals surface area contributed by atoms with Crippen molar-refractivity contribution in [3.05, 3.63) is 0 Å². The summed E-state index contributed by atoms with van der Waals surface area (Å²) in [5.74, 6) is 8.06. The van der Waals surface area contributed by atoms with Crippen LogP contribution in [0.5, 0.6) is 0 Å². The summed E-state index contributed by atoms with van der Waals surface area (Å²) in [6, 6.07) is 0. The monoisotopic (exact) mass is 604 g/mol. The largest absolute Gasteiger partial charge is 0.298 e. The fourth-order valence-corrected chi connectivity index (χ4v) is 6.07. The smallest absolute Gasteiger partial charge is 0.0125 e. The predicted molar refractivity (Wildman–Crippen MR) is 196 cm³/mol. The molecule has 1 atom stereocenters. The summed E-state index contributed by atoms with van der Waals surface area (Å²) >= 11 is 0. The molecule has 0 bridgehead atoms. The molecule has 0 spiro atoms. The number of piperidine rings is 1. The minimum absolute atomic E-state index is 0.361. The number of nitrogens with zero attached hydrogens (tertiary/aromatic N) is 3. The summed E-state index contributed by atoms with van der Waals surface area (Å²) in [7, 11) is 0. The first kappa shape index (κ1) is 42.4. The van der Waals surface area contributed by atoms with E-state index in [0.717, 1.165) is 17.8 Å². The summed E-state index contributed by atoms with van der Waals surface area (Å²) in [5, 5.41) is 0. The molecule has 0 N–H and O–H groups in total. The molecule has 3 aliphatic rings. The Kier molecular flexibility index (Phi) is 16.1. The van der Waals surface area contributed by atoms with Crippen molar-refractivity contribution in [2.24, 2.45) is 34.0 Å². The second-order valence-electron chi connectivity index (χ2n) is 19.9. The summed E-state index contributed by atoms with van der Waals surface area (Å²) in [4.78, 5) is 7.79. The standard InChI is InChI=1S/C13H27N.C12H25N.C11H23N.C4H6/c1-12(2,3)11-7-9-14(10-8-11)13(4,5)6;1-11(2,3)10-7-8-13(9-10)12(4,5)6;1-10(2,3)9-7-12(8-9)11(4,5)6;1-3-4-2/h11H,7-10H2,1-6H3;10H,7-9H2,1-6H3;9H,7-8H2,1-6H3;1-2H3. The Morgan fingerprint density at radius 1 is 0.372 bits per heavy atom. The van der Waals surface area contributed by atoms with Crippen molar-refractivity contribution >= 4 is 0 Å². The third kappa shape index (κ3) is 16.0. The topological polar surface area (TPSA) is 9.72 Å². The van der Waals surface area contributed by atoms with Crippen molar-refractivity contribution in [2.45, 2.75) is 174 Å². The zero-order chi connectivity index (χ0) is 34.2. The molecule has 3 fully saturated rings. The van der Waals surface area contributed by atoms with Gasteiger partial charge in [0.15, 0.2) is 0 Å². The lowest BCUT2D eigenvalue weighted by Gasteiger charge is -2.52. The molecule has 0 amide bonds. The van der Waals surface area contributed by atoms with Crippen molar-refractivity contribution in [1.82, 2.24) is 14.7 Å². The van der Waals surface area contributed by atoms with Gasteiger partial charge in [0.25, 0.3) is 0 Å². The number of hydrogen-bond acceptors (Lipinski definition) is 3. The van der Waals surface area contributed by atoms with Crippen molar-refractivity contribution in [2.75, 3.05) is 39.3 Å². The second-order valence-corrected chi connectivity index (χ2v) is 19.9. The van der Waals surface area contributed by atoms with Crippen LogP contribution in [0.3, 0.4) is 0 Å². The van der Waals surface area contributed by atoms with Crippen LogP contribution in [0.25, 0.3) is 0 Å². The highest BCUT2D eigenvalue weighted by Gasteiger charge is 2.40. The van der Waals surface area contributed by atoms with E-state index in [2.05, 4.69) is 151 Å². The van der Waals surface area contributed by atoms with Crippen LogP contribution in [0.4, 0.5) is 0 Å². The van der Waals surface area contributed by atoms with E-state index in [0.29, 0.717) is 32.9 Å². The third-order valence-electron chi connectivity index (χ3n) is 10.3. The normalized spacial score (nSPS) is 22.1. The predicted octanol–water partition coefficient (Wildman–Crippen LogP) is 10.5. The minimum atomic E-state index is 0.361. The molecule has 3 saturated heterocycles. The van der Waals surface area contributed by atoms with Gasteiger partial charge in [-0.15, -0.1) is 11.8 Å². The molecule has 0 aromatic heterocycles. The SMILES string of the molecule is CC#CC.CC(C)(C)C1CCN(C(C)(C)C)C1.CC(C)(C)C1CCN(C(C)(C)C)CC1.CC(C)(C)C1CN(C(C)(C)C)C1. The van der Waals surface area contributed by atoms with Crippen molar-refractivity contribution in [3.63, 3.8) is 0 Å². The van der Waals surface area contributed by atoms with Crippen LogP contribution in [0.15, 0.2) is 0 Å². The van der Waals surface area contributed by atoms with Gasteiger partial charge in [0.05, 0.1) is 0 Å². The third-order valence-corrected chi connectivity index (χ3v) is 10.3. The molecular formula is C40H81N3. The molecule has 0 aromatic rings. The van der Waals surface area contributed by atoms with Gasteiger partial charge in [0, 0.05) is 36.3 Å². The Balaban J connectivity index is 0.000000580. The van der Waals surface area contributed by atoms with Crippen LogP contribution in [-0.2, 0) is 0 Å². The molecule has 0 aliphatic carbocycles. The van der Waals surface area contributed by atoms with Gasteiger partial charge in [0.2, 0.25) is 0 Å². The fraction of sp³-hybridized carbons (Fsp3) is 0.950. The van der Waals surface area contributed by atoms with Crippen molar-refractivity contribution < 1.29 is 0 Å². The Morgan fingerprint density at radius 2 is 0.651 bits per heavy atom. The maximum Gasteiger partial charge on any atom is 0.0125 e. The highest BCUT2D eigenvalue weighted by Crippen LogP contribution is 2.38. The van der Waals surface area contributed by atoms with Gasteiger partial charge in [-0.1, -0.05) is 62.3 Å². The number of hydrogen-bond donors (Lipinski definition) is 0. The van der Waals surface area contributed by atoms with Gasteiger partial charge in [-0.25, -0.2) is 0 Å². The van der Waals surface area contributed by atoms with Crippen LogP contribution in [0.1, 0.15) is 158 Å². The van der Waals surface area contributed by atoms with Crippen molar-refractivity contribution in [1.29, 1.82) is 0 Å². The molecule has 256 valence electrons. The van der Waals surface area contributed by atoms with Gasteiger partial charge in [-0.3, -0.25) is 14.7 Å². The molecule has 0 radical (unpaired) electrons. The lowest BCUT2D eigenvalue weighted by atomic mass is 9.74. The molecule has 3 heterocycles. The summed E-state index contributed by atoms with van der Waals surface area (Å²) < 4.78 is 0.